The van der Waals surface area contributed by atoms with Crippen LogP contribution in [0.1, 0.15) is 23.7 Å². The maximum atomic E-state index is 12.6. The van der Waals surface area contributed by atoms with Gasteiger partial charge in [0.25, 0.3) is 5.91 Å². The lowest BCUT2D eigenvalue weighted by molar-refractivity contribution is -0.141. The minimum absolute atomic E-state index is 0.115. The number of hydrogen-bond acceptors (Lipinski definition) is 5. The molecular weight excluding hydrogens is 302 g/mol. The van der Waals surface area contributed by atoms with Crippen LogP contribution in [-0.2, 0) is 9.53 Å². The number of amides is 1. The fourth-order valence-electron chi connectivity index (χ4n) is 2.48. The molecule has 1 saturated heterocycles. The highest BCUT2D eigenvalue weighted by molar-refractivity contribution is 5.95. The van der Waals surface area contributed by atoms with E-state index in [0.29, 0.717) is 36.8 Å². The quantitative estimate of drug-likeness (QED) is 0.852. The lowest BCUT2D eigenvalue weighted by Gasteiger charge is -2.32. The van der Waals surface area contributed by atoms with Crippen molar-refractivity contribution in [1.82, 2.24) is 4.90 Å². The molecule has 1 fully saturated rings. The number of nitrogens with zero attached hydrogens (tertiary/aromatic N) is 1. The average Bonchev–Trinajstić information content (AvgIpc) is 2.54. The van der Waals surface area contributed by atoms with Crippen LogP contribution >= 0.6 is 0 Å². The van der Waals surface area contributed by atoms with Gasteiger partial charge in [-0.25, -0.2) is 0 Å². The second-order valence-corrected chi connectivity index (χ2v) is 5.14. The van der Waals surface area contributed by atoms with E-state index in [4.69, 9.17) is 19.3 Å². The molecule has 0 unspecified atom stereocenters. The van der Waals surface area contributed by atoms with Crippen LogP contribution in [0.15, 0.2) is 18.2 Å². The van der Waals surface area contributed by atoms with Crippen LogP contribution in [0.5, 0.6) is 11.5 Å². The fraction of sp³-hybridized carbons (Fsp3) is 0.500. The molecule has 1 aromatic carbocycles. The van der Waals surface area contributed by atoms with Crippen LogP contribution < -0.4 is 9.47 Å². The van der Waals surface area contributed by atoms with Crippen molar-refractivity contribution in [3.05, 3.63) is 23.8 Å². The van der Waals surface area contributed by atoms with E-state index in [9.17, 15) is 9.59 Å². The second kappa shape index (κ2) is 7.82. The van der Waals surface area contributed by atoms with Gasteiger partial charge in [0.15, 0.2) is 11.5 Å². The number of carboxylic acids is 1. The van der Waals surface area contributed by atoms with Gasteiger partial charge < -0.3 is 24.2 Å². The molecule has 1 heterocycles. The molecule has 0 saturated carbocycles. The highest BCUT2D eigenvalue weighted by atomic mass is 16.5. The number of methoxy groups -OCH3 is 1. The van der Waals surface area contributed by atoms with Crippen LogP contribution in [-0.4, -0.2) is 61.4 Å². The van der Waals surface area contributed by atoms with Crippen LogP contribution in [0, 0.1) is 0 Å². The number of morpholine rings is 1. The van der Waals surface area contributed by atoms with Crippen LogP contribution in [0.3, 0.4) is 0 Å². The summed E-state index contributed by atoms with van der Waals surface area (Å²) in [6.45, 7) is 3.40. The Kier molecular flexibility index (Phi) is 5.81. The summed E-state index contributed by atoms with van der Waals surface area (Å²) in [4.78, 5) is 25.0. The molecule has 1 aromatic rings. The normalized spacial score (nSPS) is 17.7. The van der Waals surface area contributed by atoms with Gasteiger partial charge in [-0.05, 0) is 25.1 Å². The highest BCUT2D eigenvalue weighted by Crippen LogP contribution is 2.28. The van der Waals surface area contributed by atoms with Gasteiger partial charge >= 0.3 is 5.97 Å². The van der Waals surface area contributed by atoms with Gasteiger partial charge in [0.2, 0.25) is 0 Å². The number of hydrogen-bond donors (Lipinski definition) is 1. The standard InChI is InChI=1S/C16H21NO6/c1-3-22-13-5-4-11(8-14(13)21-2)16(20)17-6-7-23-12(10-17)9-15(18)19/h4-5,8,12H,3,6-7,9-10H2,1-2H3,(H,18,19)/t12-/m1/s1. The van der Waals surface area contributed by atoms with E-state index < -0.39 is 12.1 Å². The molecule has 1 amide bonds. The van der Waals surface area contributed by atoms with Crippen LogP contribution in [0.2, 0.25) is 0 Å². The summed E-state index contributed by atoms with van der Waals surface area (Å²) in [6, 6.07) is 5.01. The Morgan fingerprint density at radius 2 is 2.17 bits per heavy atom. The number of aliphatic carboxylic acids is 1. The van der Waals surface area contributed by atoms with Gasteiger partial charge in [-0.2, -0.15) is 0 Å². The molecule has 0 radical (unpaired) electrons. The molecule has 2 rings (SSSR count). The Morgan fingerprint density at radius 1 is 1.39 bits per heavy atom. The summed E-state index contributed by atoms with van der Waals surface area (Å²) in [5.41, 5.74) is 0.473. The average molecular weight is 323 g/mol. The molecule has 7 heteroatoms. The van der Waals surface area contributed by atoms with Gasteiger partial charge in [-0.15, -0.1) is 0 Å². The number of carbonyl (C=O) groups excluding carboxylic acids is 1. The molecule has 126 valence electrons. The first-order valence-corrected chi connectivity index (χ1v) is 7.48. The minimum atomic E-state index is -0.938. The third-order valence-electron chi connectivity index (χ3n) is 3.54. The molecule has 0 aliphatic carbocycles. The number of carboxylic acid groups (broad SMARTS) is 1. The third kappa shape index (κ3) is 4.35. The number of ether oxygens (including phenoxy) is 3. The lowest BCUT2D eigenvalue weighted by Crippen LogP contribution is -2.46. The van der Waals surface area contributed by atoms with Crippen molar-refractivity contribution in [3.8, 4) is 11.5 Å². The molecule has 0 bridgehead atoms. The molecule has 0 aromatic heterocycles. The molecular formula is C16H21NO6. The largest absolute Gasteiger partial charge is 0.493 e. The summed E-state index contributed by atoms with van der Waals surface area (Å²) in [5, 5.41) is 8.84. The van der Waals surface area contributed by atoms with Crippen molar-refractivity contribution < 1.29 is 28.9 Å². The molecule has 7 nitrogen and oxygen atoms in total. The van der Waals surface area contributed by atoms with Gasteiger partial charge in [0.1, 0.15) is 0 Å². The van der Waals surface area contributed by atoms with E-state index >= 15 is 0 Å². The molecule has 1 aliphatic rings. The second-order valence-electron chi connectivity index (χ2n) is 5.14. The number of carbonyl (C=O) groups is 2. The first-order chi connectivity index (χ1) is 11.0. The van der Waals surface area contributed by atoms with Crippen molar-refractivity contribution in [2.75, 3.05) is 33.4 Å². The molecule has 23 heavy (non-hydrogen) atoms. The van der Waals surface area contributed by atoms with Crippen LogP contribution in [0.25, 0.3) is 0 Å². The van der Waals surface area contributed by atoms with E-state index in [1.807, 2.05) is 6.92 Å². The maximum Gasteiger partial charge on any atom is 0.306 e. The van der Waals surface area contributed by atoms with Gasteiger partial charge in [0.05, 0.1) is 32.8 Å². The zero-order chi connectivity index (χ0) is 16.8. The topological polar surface area (TPSA) is 85.3 Å². The summed E-state index contributed by atoms with van der Waals surface area (Å²) < 4.78 is 16.1. The zero-order valence-corrected chi connectivity index (χ0v) is 13.3. The Bertz CT molecular complexity index is 574. The SMILES string of the molecule is CCOc1ccc(C(=O)N2CCO[C@H](CC(=O)O)C2)cc1OC. The summed E-state index contributed by atoms with van der Waals surface area (Å²) >= 11 is 0. The maximum absolute atomic E-state index is 12.6. The Hall–Kier alpha value is -2.28. The first-order valence-electron chi connectivity index (χ1n) is 7.48. The van der Waals surface area contributed by atoms with E-state index in [1.165, 1.54) is 7.11 Å². The van der Waals surface area contributed by atoms with Crippen molar-refractivity contribution in [1.29, 1.82) is 0 Å². The first kappa shape index (κ1) is 17.1. The highest BCUT2D eigenvalue weighted by Gasteiger charge is 2.27. The van der Waals surface area contributed by atoms with E-state index in [0.717, 1.165) is 0 Å². The molecule has 0 spiro atoms. The lowest BCUT2D eigenvalue weighted by atomic mass is 10.1. The van der Waals surface area contributed by atoms with E-state index in [2.05, 4.69) is 0 Å². The summed E-state index contributed by atoms with van der Waals surface area (Å²) in [5.74, 6) is -0.0394. The molecule has 1 N–H and O–H groups in total. The summed E-state index contributed by atoms with van der Waals surface area (Å²) in [6.07, 6.45) is -0.592. The Morgan fingerprint density at radius 3 is 2.83 bits per heavy atom. The van der Waals surface area contributed by atoms with E-state index in [-0.39, 0.29) is 18.9 Å². The monoisotopic (exact) mass is 323 g/mol. The third-order valence-corrected chi connectivity index (χ3v) is 3.54. The van der Waals surface area contributed by atoms with Crippen molar-refractivity contribution in [3.63, 3.8) is 0 Å². The Labute approximate surface area is 134 Å². The predicted octanol–water partition coefficient (Wildman–Crippen LogP) is 1.41. The smallest absolute Gasteiger partial charge is 0.306 e. The fourth-order valence-corrected chi connectivity index (χ4v) is 2.48. The minimum Gasteiger partial charge on any atom is -0.493 e. The zero-order valence-electron chi connectivity index (χ0n) is 13.3. The van der Waals surface area contributed by atoms with E-state index in [1.54, 1.807) is 23.1 Å². The molecule has 1 atom stereocenters. The van der Waals surface area contributed by atoms with Crippen molar-refractivity contribution in [2.45, 2.75) is 19.4 Å². The molecule has 1 aliphatic heterocycles. The van der Waals surface area contributed by atoms with Crippen molar-refractivity contribution >= 4 is 11.9 Å². The predicted molar refractivity (Wildman–Crippen MR) is 82.1 cm³/mol. The summed E-state index contributed by atoms with van der Waals surface area (Å²) in [7, 11) is 1.52. The van der Waals surface area contributed by atoms with Gasteiger partial charge in [-0.3, -0.25) is 9.59 Å². The van der Waals surface area contributed by atoms with Crippen molar-refractivity contribution in [2.24, 2.45) is 0 Å². The van der Waals surface area contributed by atoms with Crippen LogP contribution in [0.4, 0.5) is 0 Å². The number of rotatable bonds is 6. The number of benzene rings is 1. The van der Waals surface area contributed by atoms with Gasteiger partial charge in [-0.1, -0.05) is 0 Å². The van der Waals surface area contributed by atoms with Gasteiger partial charge in [0, 0.05) is 18.7 Å². The Balaban J connectivity index is 2.11.